The quantitative estimate of drug-likeness (QED) is 0.929. The van der Waals surface area contributed by atoms with E-state index in [1.165, 1.54) is 11.3 Å². The first kappa shape index (κ1) is 13.2. The van der Waals surface area contributed by atoms with Crippen LogP contribution in [-0.2, 0) is 0 Å². The number of amides is 1. The van der Waals surface area contributed by atoms with Crippen LogP contribution >= 0.6 is 27.3 Å². The summed E-state index contributed by atoms with van der Waals surface area (Å²) in [6.07, 6.45) is 0. The summed E-state index contributed by atoms with van der Waals surface area (Å²) < 4.78 is 0.926. The summed E-state index contributed by atoms with van der Waals surface area (Å²) in [5.41, 5.74) is 0. The van der Waals surface area contributed by atoms with Gasteiger partial charge in [0.25, 0.3) is 5.91 Å². The number of hydrogen-bond acceptors (Lipinski definition) is 5. The number of H-pyrrole nitrogens is 1. The van der Waals surface area contributed by atoms with Crippen LogP contribution in [0, 0.1) is 0 Å². The lowest BCUT2D eigenvalue weighted by atomic mass is 10.1. The number of carbonyl (C=O) groups excluding carboxylic acids is 1. The second-order valence-electron chi connectivity index (χ2n) is 3.99. The van der Waals surface area contributed by atoms with Crippen molar-refractivity contribution >= 4 is 33.2 Å². The molecule has 0 aliphatic rings. The minimum atomic E-state index is 0.000967. The molecular weight excluding hydrogens is 318 g/mol. The van der Waals surface area contributed by atoms with Crippen LogP contribution in [0.25, 0.3) is 0 Å². The summed E-state index contributed by atoms with van der Waals surface area (Å²) in [6, 6.07) is 1.82. The Balaban J connectivity index is 1.99. The van der Waals surface area contributed by atoms with Crippen LogP contribution < -0.4 is 0 Å². The summed E-state index contributed by atoms with van der Waals surface area (Å²) in [5.74, 6) is 0.657. The molecule has 0 aromatic carbocycles. The van der Waals surface area contributed by atoms with E-state index >= 15 is 0 Å². The van der Waals surface area contributed by atoms with E-state index in [2.05, 4.69) is 36.6 Å². The smallest absolute Gasteiger partial charge is 0.263 e. The zero-order valence-corrected chi connectivity index (χ0v) is 12.3. The Morgan fingerprint density at radius 1 is 1.67 bits per heavy atom. The second kappa shape index (κ2) is 5.57. The van der Waals surface area contributed by atoms with Gasteiger partial charge in [0, 0.05) is 29.4 Å². The summed E-state index contributed by atoms with van der Waals surface area (Å²) >= 11 is 4.76. The van der Waals surface area contributed by atoms with Gasteiger partial charge in [-0.25, -0.2) is 0 Å². The number of likely N-dealkylation sites (N-methyl/N-ethyl adjacent to an activating group) is 1. The highest BCUT2D eigenvalue weighted by atomic mass is 79.9. The highest BCUT2D eigenvalue weighted by Crippen LogP contribution is 2.21. The van der Waals surface area contributed by atoms with E-state index in [-0.39, 0.29) is 11.8 Å². The minimum Gasteiger partial charge on any atom is -0.340 e. The zero-order valence-electron chi connectivity index (χ0n) is 9.92. The molecule has 2 aromatic rings. The molecule has 2 rings (SSSR count). The van der Waals surface area contributed by atoms with Crippen molar-refractivity contribution in [2.24, 2.45) is 0 Å². The van der Waals surface area contributed by atoms with Gasteiger partial charge in [-0.2, -0.15) is 5.21 Å². The third-order valence-electron chi connectivity index (χ3n) is 2.48. The lowest BCUT2D eigenvalue weighted by molar-refractivity contribution is 0.0792. The van der Waals surface area contributed by atoms with Gasteiger partial charge in [-0.1, -0.05) is 12.1 Å². The maximum absolute atomic E-state index is 12.1. The van der Waals surface area contributed by atoms with Crippen LogP contribution in [0.1, 0.15) is 28.3 Å². The van der Waals surface area contributed by atoms with E-state index in [0.717, 1.165) is 4.47 Å². The largest absolute Gasteiger partial charge is 0.340 e. The van der Waals surface area contributed by atoms with Crippen molar-refractivity contribution in [2.45, 2.75) is 12.8 Å². The van der Waals surface area contributed by atoms with Crippen LogP contribution in [0.5, 0.6) is 0 Å². The number of rotatable bonds is 4. The Labute approximate surface area is 117 Å². The number of carbonyl (C=O) groups is 1. The monoisotopic (exact) mass is 329 g/mol. The Morgan fingerprint density at radius 3 is 3.00 bits per heavy atom. The van der Waals surface area contributed by atoms with Crippen LogP contribution in [0.2, 0.25) is 0 Å². The van der Waals surface area contributed by atoms with Crippen molar-refractivity contribution in [1.29, 1.82) is 0 Å². The van der Waals surface area contributed by atoms with Crippen molar-refractivity contribution in [3.05, 3.63) is 26.6 Å². The molecule has 0 unspecified atom stereocenters. The average molecular weight is 330 g/mol. The number of halogens is 1. The minimum absolute atomic E-state index is 0.000967. The topological polar surface area (TPSA) is 74.8 Å². The summed E-state index contributed by atoms with van der Waals surface area (Å²) in [4.78, 5) is 14.5. The van der Waals surface area contributed by atoms with Gasteiger partial charge in [-0.3, -0.25) is 4.79 Å². The number of nitrogens with zero attached hydrogens (tertiary/aromatic N) is 4. The Bertz CT molecular complexity index is 526. The molecule has 0 saturated carbocycles. The summed E-state index contributed by atoms with van der Waals surface area (Å²) in [6.45, 7) is 2.51. The number of aromatic nitrogens is 4. The van der Waals surface area contributed by atoms with Crippen LogP contribution in [0.3, 0.4) is 0 Å². The molecule has 1 atom stereocenters. The van der Waals surface area contributed by atoms with Gasteiger partial charge in [0.1, 0.15) is 0 Å². The third-order valence-corrected chi connectivity index (χ3v) is 4.15. The average Bonchev–Trinajstić information content (AvgIpc) is 2.98. The van der Waals surface area contributed by atoms with Crippen molar-refractivity contribution in [1.82, 2.24) is 25.5 Å². The molecule has 18 heavy (non-hydrogen) atoms. The fourth-order valence-corrected chi connectivity index (χ4v) is 2.99. The molecule has 0 radical (unpaired) electrons. The van der Waals surface area contributed by atoms with Gasteiger partial charge in [-0.15, -0.1) is 21.5 Å². The first-order valence-corrected chi connectivity index (χ1v) is 6.98. The van der Waals surface area contributed by atoms with E-state index in [4.69, 9.17) is 0 Å². The molecule has 96 valence electrons. The Hall–Kier alpha value is -1.28. The molecule has 0 spiro atoms. The molecule has 8 heteroatoms. The summed E-state index contributed by atoms with van der Waals surface area (Å²) in [5, 5.41) is 15.6. The normalized spacial score (nSPS) is 12.4. The molecule has 1 N–H and O–H groups in total. The fraction of sp³-hybridized carbons (Fsp3) is 0.400. The number of tetrazole rings is 1. The molecule has 6 nitrogen and oxygen atoms in total. The third kappa shape index (κ3) is 2.94. The van der Waals surface area contributed by atoms with Gasteiger partial charge in [0.05, 0.1) is 4.88 Å². The van der Waals surface area contributed by atoms with Gasteiger partial charge in [0.15, 0.2) is 5.82 Å². The van der Waals surface area contributed by atoms with Crippen LogP contribution in [0.4, 0.5) is 0 Å². The molecule has 2 heterocycles. The first-order chi connectivity index (χ1) is 8.58. The van der Waals surface area contributed by atoms with Gasteiger partial charge >= 0.3 is 0 Å². The molecule has 0 bridgehead atoms. The number of aromatic amines is 1. The van der Waals surface area contributed by atoms with Crippen LogP contribution in [-0.4, -0.2) is 45.0 Å². The molecular formula is C10H12BrN5OS. The first-order valence-electron chi connectivity index (χ1n) is 5.30. The van der Waals surface area contributed by atoms with Crippen molar-refractivity contribution in [3.8, 4) is 0 Å². The molecule has 0 aliphatic carbocycles. The SMILES string of the molecule is C[C@H](CN(C)C(=O)c1cc(Br)cs1)c1nn[nH]n1. The Morgan fingerprint density at radius 2 is 2.44 bits per heavy atom. The van der Waals surface area contributed by atoms with Crippen LogP contribution in [0.15, 0.2) is 15.9 Å². The van der Waals surface area contributed by atoms with E-state index < -0.39 is 0 Å². The van der Waals surface area contributed by atoms with E-state index in [1.54, 1.807) is 11.9 Å². The predicted molar refractivity (Wildman–Crippen MR) is 71.6 cm³/mol. The Kier molecular flexibility index (Phi) is 4.07. The van der Waals surface area contributed by atoms with Crippen molar-refractivity contribution < 1.29 is 4.79 Å². The molecule has 2 aromatic heterocycles. The lowest BCUT2D eigenvalue weighted by Gasteiger charge is -2.19. The summed E-state index contributed by atoms with van der Waals surface area (Å²) in [7, 11) is 1.77. The van der Waals surface area contributed by atoms with E-state index in [0.29, 0.717) is 17.2 Å². The highest BCUT2D eigenvalue weighted by molar-refractivity contribution is 9.10. The number of thiophene rings is 1. The maximum atomic E-state index is 12.1. The highest BCUT2D eigenvalue weighted by Gasteiger charge is 2.18. The van der Waals surface area contributed by atoms with Gasteiger partial charge in [-0.05, 0) is 22.0 Å². The second-order valence-corrected chi connectivity index (χ2v) is 5.81. The number of hydrogen-bond donors (Lipinski definition) is 1. The lowest BCUT2D eigenvalue weighted by Crippen LogP contribution is -2.30. The fourth-order valence-electron chi connectivity index (χ4n) is 1.57. The van der Waals surface area contributed by atoms with Gasteiger partial charge < -0.3 is 4.90 Å². The van der Waals surface area contributed by atoms with Crippen molar-refractivity contribution in [3.63, 3.8) is 0 Å². The molecule has 0 saturated heterocycles. The molecule has 0 aliphatic heterocycles. The molecule has 0 fully saturated rings. The standard InChI is InChI=1S/C10H12BrN5OS/c1-6(9-12-14-15-13-9)4-16(2)10(17)8-3-7(11)5-18-8/h3,5-6H,4H2,1-2H3,(H,12,13,14,15)/t6-/m1/s1. The molecule has 1 amide bonds. The van der Waals surface area contributed by atoms with Crippen molar-refractivity contribution in [2.75, 3.05) is 13.6 Å². The maximum Gasteiger partial charge on any atom is 0.263 e. The van der Waals surface area contributed by atoms with Gasteiger partial charge in [0.2, 0.25) is 0 Å². The van der Waals surface area contributed by atoms with E-state index in [1.807, 2.05) is 18.4 Å². The number of nitrogens with one attached hydrogen (secondary N) is 1. The van der Waals surface area contributed by atoms with E-state index in [9.17, 15) is 4.79 Å². The zero-order chi connectivity index (χ0) is 13.1. The predicted octanol–water partition coefficient (Wildman–Crippen LogP) is 1.90.